The monoisotopic (exact) mass is 418 g/mol. The Morgan fingerprint density at radius 3 is 2.32 bits per heavy atom. The third-order valence-corrected chi connectivity index (χ3v) is 6.12. The Morgan fingerprint density at radius 1 is 0.818 bits per heavy atom. The molecule has 0 amide bonds. The second kappa shape index (κ2) is 5.61. The number of hydrogen-bond donors (Lipinski definition) is 0. The van der Waals surface area contributed by atoms with E-state index in [0.717, 1.165) is 31.2 Å². The van der Waals surface area contributed by atoms with Gasteiger partial charge in [0.05, 0.1) is 0 Å². The topological polar surface area (TPSA) is 17.1 Å². The number of fused-ring (bicyclic) bond motifs is 3. The van der Waals surface area contributed by atoms with Gasteiger partial charge in [-0.05, 0) is 59.7 Å². The summed E-state index contributed by atoms with van der Waals surface area (Å²) in [6, 6.07) is 10.3. The maximum Gasteiger partial charge on any atom is 0.194 e. The summed E-state index contributed by atoms with van der Waals surface area (Å²) < 4.78 is 2.05. The molecule has 1 saturated carbocycles. The SMILES string of the molecule is O=C1c2cc(Br)ccc2-c2cc(C3CCCCC3)c(Br)cc21. The Labute approximate surface area is 147 Å². The van der Waals surface area contributed by atoms with Gasteiger partial charge in [0.1, 0.15) is 0 Å². The number of carbonyl (C=O) groups excluding carboxylic acids is 1. The van der Waals surface area contributed by atoms with Crippen LogP contribution in [0.2, 0.25) is 0 Å². The molecule has 22 heavy (non-hydrogen) atoms. The summed E-state index contributed by atoms with van der Waals surface area (Å²) in [4.78, 5) is 12.6. The number of benzene rings is 2. The highest BCUT2D eigenvalue weighted by atomic mass is 79.9. The summed E-state index contributed by atoms with van der Waals surface area (Å²) in [5, 5.41) is 0. The average molecular weight is 420 g/mol. The highest BCUT2D eigenvalue weighted by Crippen LogP contribution is 2.44. The first-order valence-electron chi connectivity index (χ1n) is 7.83. The molecule has 0 N–H and O–H groups in total. The predicted molar refractivity (Wildman–Crippen MR) is 96.5 cm³/mol. The van der Waals surface area contributed by atoms with Crippen LogP contribution in [0.5, 0.6) is 0 Å². The number of halogens is 2. The van der Waals surface area contributed by atoms with Crippen molar-refractivity contribution in [2.75, 3.05) is 0 Å². The normalized spacial score (nSPS) is 17.5. The molecule has 0 spiro atoms. The lowest BCUT2D eigenvalue weighted by molar-refractivity contribution is 0.104. The molecule has 112 valence electrons. The molecule has 2 aromatic carbocycles. The van der Waals surface area contributed by atoms with Crippen LogP contribution in [0.3, 0.4) is 0 Å². The standard InChI is InChI=1S/C19H16Br2O/c20-12-6-7-13-15-9-14(11-4-2-1-3-5-11)18(21)10-17(15)19(22)16(13)8-12/h6-11H,1-5H2. The average Bonchev–Trinajstić information content (AvgIpc) is 2.79. The zero-order valence-electron chi connectivity index (χ0n) is 12.2. The van der Waals surface area contributed by atoms with Gasteiger partial charge in [0.15, 0.2) is 5.78 Å². The van der Waals surface area contributed by atoms with Crippen molar-refractivity contribution in [1.29, 1.82) is 0 Å². The van der Waals surface area contributed by atoms with Crippen LogP contribution in [0.25, 0.3) is 11.1 Å². The largest absolute Gasteiger partial charge is 0.289 e. The molecule has 3 heteroatoms. The fourth-order valence-electron chi connectivity index (χ4n) is 3.81. The maximum absolute atomic E-state index is 12.6. The highest BCUT2D eigenvalue weighted by molar-refractivity contribution is 9.10. The quantitative estimate of drug-likeness (QED) is 0.441. The molecule has 0 unspecified atom stereocenters. The van der Waals surface area contributed by atoms with Crippen molar-refractivity contribution in [1.82, 2.24) is 0 Å². The fraction of sp³-hybridized carbons (Fsp3) is 0.316. The summed E-state index contributed by atoms with van der Waals surface area (Å²) in [5.41, 5.74) is 5.21. The molecule has 0 radical (unpaired) electrons. The van der Waals surface area contributed by atoms with E-state index in [4.69, 9.17) is 0 Å². The van der Waals surface area contributed by atoms with Crippen LogP contribution in [0.1, 0.15) is 59.5 Å². The Morgan fingerprint density at radius 2 is 1.55 bits per heavy atom. The summed E-state index contributed by atoms with van der Waals surface area (Å²) in [7, 11) is 0. The number of hydrogen-bond acceptors (Lipinski definition) is 1. The second-order valence-corrected chi connectivity index (χ2v) is 8.04. The molecule has 2 aromatic rings. The highest BCUT2D eigenvalue weighted by Gasteiger charge is 2.29. The van der Waals surface area contributed by atoms with Gasteiger partial charge in [-0.2, -0.15) is 0 Å². The molecule has 0 aliphatic heterocycles. The summed E-state index contributed by atoms with van der Waals surface area (Å²) >= 11 is 7.18. The first kappa shape index (κ1) is 14.6. The van der Waals surface area contributed by atoms with Crippen molar-refractivity contribution < 1.29 is 4.79 Å². The predicted octanol–water partition coefficient (Wildman–Crippen LogP) is 6.47. The van der Waals surface area contributed by atoms with E-state index in [-0.39, 0.29) is 5.78 Å². The molecule has 0 bridgehead atoms. The summed E-state index contributed by atoms with van der Waals surface area (Å²) in [6.07, 6.45) is 6.51. The minimum atomic E-state index is 0.141. The Balaban J connectivity index is 1.86. The number of rotatable bonds is 1. The van der Waals surface area contributed by atoms with Gasteiger partial charge >= 0.3 is 0 Å². The van der Waals surface area contributed by atoms with E-state index < -0.39 is 0 Å². The Kier molecular flexibility index (Phi) is 3.74. The van der Waals surface area contributed by atoms with Crippen LogP contribution in [0.4, 0.5) is 0 Å². The van der Waals surface area contributed by atoms with Crippen molar-refractivity contribution in [2.45, 2.75) is 38.0 Å². The lowest BCUT2D eigenvalue weighted by Gasteiger charge is -2.23. The van der Waals surface area contributed by atoms with Gasteiger partial charge in [0.2, 0.25) is 0 Å². The van der Waals surface area contributed by atoms with Crippen molar-refractivity contribution in [2.24, 2.45) is 0 Å². The van der Waals surface area contributed by atoms with Crippen molar-refractivity contribution in [3.63, 3.8) is 0 Å². The molecule has 0 aromatic heterocycles. The molecule has 1 nitrogen and oxygen atoms in total. The van der Waals surface area contributed by atoms with Gasteiger partial charge in [-0.15, -0.1) is 0 Å². The van der Waals surface area contributed by atoms with Gasteiger partial charge in [-0.25, -0.2) is 0 Å². The lowest BCUT2D eigenvalue weighted by atomic mass is 9.83. The third-order valence-electron chi connectivity index (χ3n) is 4.94. The molecule has 0 saturated heterocycles. The molecule has 0 heterocycles. The fourth-order valence-corrected chi connectivity index (χ4v) is 4.84. The van der Waals surface area contributed by atoms with Crippen LogP contribution < -0.4 is 0 Å². The first-order chi connectivity index (χ1) is 10.6. The summed E-state index contributed by atoms with van der Waals surface area (Å²) in [5.74, 6) is 0.769. The maximum atomic E-state index is 12.6. The Bertz CT molecular complexity index is 773. The zero-order valence-corrected chi connectivity index (χ0v) is 15.3. The lowest BCUT2D eigenvalue weighted by Crippen LogP contribution is -2.06. The molecule has 2 aliphatic carbocycles. The van der Waals surface area contributed by atoms with Crippen molar-refractivity contribution >= 4 is 37.6 Å². The molecule has 0 atom stereocenters. The van der Waals surface area contributed by atoms with E-state index in [1.807, 2.05) is 18.2 Å². The van der Waals surface area contributed by atoms with Gasteiger partial charge < -0.3 is 0 Å². The first-order valence-corrected chi connectivity index (χ1v) is 9.42. The Hall–Kier alpha value is -0.930. The van der Waals surface area contributed by atoms with Crippen molar-refractivity contribution in [3.05, 3.63) is 56.0 Å². The van der Waals surface area contributed by atoms with Crippen LogP contribution in [0, 0.1) is 0 Å². The van der Waals surface area contributed by atoms with E-state index >= 15 is 0 Å². The van der Waals surface area contributed by atoms with E-state index in [9.17, 15) is 4.79 Å². The van der Waals surface area contributed by atoms with Crippen LogP contribution in [0.15, 0.2) is 39.3 Å². The molecule has 1 fully saturated rings. The molecule has 2 aliphatic rings. The molecular formula is C19H16Br2O. The number of carbonyl (C=O) groups is 1. The van der Waals surface area contributed by atoms with Crippen molar-refractivity contribution in [3.8, 4) is 11.1 Å². The van der Waals surface area contributed by atoms with Gasteiger partial charge in [0.25, 0.3) is 0 Å². The van der Waals surface area contributed by atoms with Crippen LogP contribution in [-0.4, -0.2) is 5.78 Å². The van der Waals surface area contributed by atoms with Crippen LogP contribution in [-0.2, 0) is 0 Å². The second-order valence-electron chi connectivity index (χ2n) is 6.27. The van der Waals surface area contributed by atoms with Crippen LogP contribution >= 0.6 is 31.9 Å². The molecule has 4 rings (SSSR count). The van der Waals surface area contributed by atoms with E-state index in [2.05, 4.69) is 44.0 Å². The van der Waals surface area contributed by atoms with Gasteiger partial charge in [0, 0.05) is 20.1 Å². The van der Waals surface area contributed by atoms with E-state index in [0.29, 0.717) is 5.92 Å². The minimum absolute atomic E-state index is 0.141. The van der Waals surface area contributed by atoms with Gasteiger partial charge in [-0.1, -0.05) is 57.2 Å². The number of ketones is 1. The van der Waals surface area contributed by atoms with Gasteiger partial charge in [-0.3, -0.25) is 4.79 Å². The van der Waals surface area contributed by atoms with E-state index in [1.54, 1.807) is 0 Å². The minimum Gasteiger partial charge on any atom is -0.289 e. The smallest absolute Gasteiger partial charge is 0.194 e. The summed E-state index contributed by atoms with van der Waals surface area (Å²) in [6.45, 7) is 0. The third kappa shape index (κ3) is 2.30. The zero-order chi connectivity index (χ0) is 15.3. The molecular weight excluding hydrogens is 404 g/mol. The van der Waals surface area contributed by atoms with E-state index in [1.165, 1.54) is 37.7 Å².